The van der Waals surface area contributed by atoms with E-state index < -0.39 is 5.56 Å². The molecule has 0 aromatic carbocycles. The first kappa shape index (κ1) is 11.5. The molecule has 4 nitrogen and oxygen atoms in total. The van der Waals surface area contributed by atoms with Crippen LogP contribution in [0.2, 0.25) is 0 Å². The molecule has 2 rings (SSSR count). The number of hydrogen-bond donors (Lipinski definition) is 2. The molecule has 17 heavy (non-hydrogen) atoms. The largest absolute Gasteiger partial charge is 0.315 e. The maximum Gasteiger partial charge on any atom is 0.267 e. The molecule has 1 N–H and O–H groups in total. The van der Waals surface area contributed by atoms with Gasteiger partial charge in [0, 0.05) is 10.4 Å². The van der Waals surface area contributed by atoms with E-state index in [0.29, 0.717) is 10.4 Å². The van der Waals surface area contributed by atoms with Gasteiger partial charge in [0.15, 0.2) is 0 Å². The van der Waals surface area contributed by atoms with Crippen molar-refractivity contribution >= 4 is 24.0 Å². The van der Waals surface area contributed by atoms with Crippen molar-refractivity contribution in [1.82, 2.24) is 4.98 Å². The molecule has 0 aliphatic heterocycles. The average Bonchev–Trinajstić information content (AvgIpc) is 2.81. The quantitative estimate of drug-likeness (QED) is 0.770. The zero-order valence-electron chi connectivity index (χ0n) is 8.39. The first-order valence-corrected chi connectivity index (χ1v) is 5.85. The number of thiophene rings is 1. The van der Waals surface area contributed by atoms with Crippen LogP contribution in [0.1, 0.15) is 11.1 Å². The maximum atomic E-state index is 11.6. The van der Waals surface area contributed by atoms with Crippen molar-refractivity contribution in [3.8, 4) is 22.6 Å². The van der Waals surface area contributed by atoms with Crippen LogP contribution >= 0.6 is 24.0 Å². The Morgan fingerprint density at radius 2 is 2.00 bits per heavy atom. The van der Waals surface area contributed by atoms with E-state index in [2.05, 4.69) is 17.6 Å². The van der Waals surface area contributed by atoms with Crippen molar-refractivity contribution in [1.29, 1.82) is 10.5 Å². The lowest BCUT2D eigenvalue weighted by atomic mass is 10.0. The van der Waals surface area contributed by atoms with Gasteiger partial charge in [-0.3, -0.25) is 4.79 Å². The van der Waals surface area contributed by atoms with Crippen molar-refractivity contribution in [2.24, 2.45) is 0 Å². The highest BCUT2D eigenvalue weighted by atomic mass is 32.1. The summed E-state index contributed by atoms with van der Waals surface area (Å²) in [4.78, 5) is 14.7. The van der Waals surface area contributed by atoms with E-state index >= 15 is 0 Å². The summed E-state index contributed by atoms with van der Waals surface area (Å²) in [6.45, 7) is 0. The normalized spacial score (nSPS) is 9.59. The van der Waals surface area contributed by atoms with Crippen LogP contribution in [0, 0.1) is 22.7 Å². The highest BCUT2D eigenvalue weighted by Gasteiger charge is 2.18. The van der Waals surface area contributed by atoms with Crippen molar-refractivity contribution in [2.75, 3.05) is 0 Å². The monoisotopic (exact) mass is 259 g/mol. The van der Waals surface area contributed by atoms with Crippen LogP contribution in [-0.4, -0.2) is 4.98 Å². The van der Waals surface area contributed by atoms with Gasteiger partial charge in [-0.1, -0.05) is 6.07 Å². The third kappa shape index (κ3) is 1.84. The Kier molecular flexibility index (Phi) is 3.01. The van der Waals surface area contributed by atoms with Crippen LogP contribution < -0.4 is 5.56 Å². The first-order chi connectivity index (χ1) is 8.19. The van der Waals surface area contributed by atoms with Gasteiger partial charge in [-0.25, -0.2) is 0 Å². The summed E-state index contributed by atoms with van der Waals surface area (Å²) in [5, 5.41) is 20.1. The van der Waals surface area contributed by atoms with Gasteiger partial charge in [0.25, 0.3) is 5.56 Å². The number of nitriles is 2. The Labute approximate surface area is 106 Å². The van der Waals surface area contributed by atoms with Crippen LogP contribution in [0.15, 0.2) is 27.3 Å². The molecule has 0 saturated carbocycles. The summed E-state index contributed by atoms with van der Waals surface area (Å²) >= 11 is 5.42. The summed E-state index contributed by atoms with van der Waals surface area (Å²) in [7, 11) is 0. The second-order valence-electron chi connectivity index (χ2n) is 3.13. The molecule has 0 unspecified atom stereocenters. The number of rotatable bonds is 1. The standard InChI is InChI=1S/C11H5N3OS2/c12-4-6-9(8-2-1-3-17-8)7(5-13)11(16)14-10(6)15/h1-3H,(H2,14,15,16). The molecule has 0 bridgehead atoms. The molecule has 0 atom stereocenters. The zero-order valence-corrected chi connectivity index (χ0v) is 10.1. The third-order valence-electron chi connectivity index (χ3n) is 2.19. The second kappa shape index (κ2) is 4.46. The molecule has 2 aromatic rings. The SMILES string of the molecule is N#Cc1c(S)[nH]c(=O)c(C#N)c1-c1cccs1. The summed E-state index contributed by atoms with van der Waals surface area (Å²) in [5.41, 5.74) is -0.00705. The van der Waals surface area contributed by atoms with Crippen LogP contribution in [-0.2, 0) is 0 Å². The lowest BCUT2D eigenvalue weighted by Gasteiger charge is -2.05. The molecule has 2 heterocycles. The van der Waals surface area contributed by atoms with Gasteiger partial charge in [-0.05, 0) is 11.4 Å². The number of aromatic amines is 1. The molecule has 0 aliphatic rings. The molecule has 0 aliphatic carbocycles. The van der Waals surface area contributed by atoms with Crippen molar-refractivity contribution in [3.05, 3.63) is 39.0 Å². The van der Waals surface area contributed by atoms with Gasteiger partial charge in [0.05, 0.1) is 10.6 Å². The van der Waals surface area contributed by atoms with Gasteiger partial charge in [0.2, 0.25) is 0 Å². The Balaban J connectivity index is 2.95. The van der Waals surface area contributed by atoms with Gasteiger partial charge in [0.1, 0.15) is 17.7 Å². The Morgan fingerprint density at radius 3 is 2.53 bits per heavy atom. The van der Waals surface area contributed by atoms with Crippen LogP contribution in [0.25, 0.3) is 10.4 Å². The van der Waals surface area contributed by atoms with Crippen molar-refractivity contribution < 1.29 is 0 Å². The third-order valence-corrected chi connectivity index (χ3v) is 3.41. The van der Waals surface area contributed by atoms with E-state index in [9.17, 15) is 4.79 Å². The number of nitrogens with one attached hydrogen (secondary N) is 1. The predicted molar refractivity (Wildman–Crippen MR) is 67.1 cm³/mol. The number of aromatic nitrogens is 1. The van der Waals surface area contributed by atoms with Crippen LogP contribution in [0.4, 0.5) is 0 Å². The summed E-state index contributed by atoms with van der Waals surface area (Å²) in [6, 6.07) is 7.35. The topological polar surface area (TPSA) is 80.4 Å². The predicted octanol–water partition coefficient (Wildman–Crippen LogP) is 2.14. The molecular weight excluding hydrogens is 254 g/mol. The highest BCUT2D eigenvalue weighted by Crippen LogP contribution is 2.31. The second-order valence-corrected chi connectivity index (χ2v) is 4.52. The number of nitrogens with zero attached hydrogens (tertiary/aromatic N) is 2. The molecule has 0 radical (unpaired) electrons. The van der Waals surface area contributed by atoms with Gasteiger partial charge >= 0.3 is 0 Å². The minimum Gasteiger partial charge on any atom is -0.315 e. The Hall–Kier alpha value is -2.02. The highest BCUT2D eigenvalue weighted by molar-refractivity contribution is 7.80. The van der Waals surface area contributed by atoms with Crippen LogP contribution in [0.5, 0.6) is 0 Å². The number of thiol groups is 1. The molecule has 82 valence electrons. The maximum absolute atomic E-state index is 11.6. The number of H-pyrrole nitrogens is 1. The lowest BCUT2D eigenvalue weighted by molar-refractivity contribution is 1.06. The molecule has 0 spiro atoms. The van der Waals surface area contributed by atoms with E-state index in [4.69, 9.17) is 10.5 Å². The Bertz CT molecular complexity index is 702. The van der Waals surface area contributed by atoms with Crippen molar-refractivity contribution in [3.63, 3.8) is 0 Å². The molecular formula is C11H5N3OS2. The zero-order chi connectivity index (χ0) is 12.4. The van der Waals surface area contributed by atoms with E-state index in [0.717, 1.165) is 0 Å². The summed E-state index contributed by atoms with van der Waals surface area (Å²) in [6.07, 6.45) is 0. The average molecular weight is 259 g/mol. The molecule has 2 aromatic heterocycles. The van der Waals surface area contributed by atoms with E-state index in [1.165, 1.54) is 11.3 Å². The number of pyridine rings is 1. The van der Waals surface area contributed by atoms with Crippen LogP contribution in [0.3, 0.4) is 0 Å². The summed E-state index contributed by atoms with van der Waals surface area (Å²) in [5.74, 6) is 0. The van der Waals surface area contributed by atoms with E-state index in [1.807, 2.05) is 17.5 Å². The minimum absolute atomic E-state index is 0.0539. The lowest BCUT2D eigenvalue weighted by Crippen LogP contribution is -2.13. The molecule has 0 fully saturated rings. The van der Waals surface area contributed by atoms with Gasteiger partial charge in [-0.15, -0.1) is 24.0 Å². The Morgan fingerprint density at radius 1 is 1.29 bits per heavy atom. The number of hydrogen-bond acceptors (Lipinski definition) is 5. The smallest absolute Gasteiger partial charge is 0.267 e. The molecule has 6 heteroatoms. The summed E-state index contributed by atoms with van der Waals surface area (Å²) < 4.78 is 0. The first-order valence-electron chi connectivity index (χ1n) is 4.52. The van der Waals surface area contributed by atoms with Crippen molar-refractivity contribution in [2.45, 2.75) is 5.03 Å². The van der Waals surface area contributed by atoms with Gasteiger partial charge < -0.3 is 4.98 Å². The van der Waals surface area contributed by atoms with E-state index in [1.54, 1.807) is 12.1 Å². The molecule has 0 saturated heterocycles. The van der Waals surface area contributed by atoms with Gasteiger partial charge in [-0.2, -0.15) is 10.5 Å². The fourth-order valence-corrected chi connectivity index (χ4v) is 2.52. The van der Waals surface area contributed by atoms with E-state index in [-0.39, 0.29) is 16.2 Å². The fourth-order valence-electron chi connectivity index (χ4n) is 1.47. The minimum atomic E-state index is -0.528. The molecule has 0 amide bonds. The fraction of sp³-hybridized carbons (Fsp3) is 0.